The first-order valence-electron chi connectivity index (χ1n) is 11.9. The lowest BCUT2D eigenvalue weighted by atomic mass is 10.0. The number of aromatic nitrogens is 4. The van der Waals surface area contributed by atoms with E-state index < -0.39 is 0 Å². The number of hydrogen-bond donors (Lipinski definition) is 1. The lowest BCUT2D eigenvalue weighted by Gasteiger charge is -2.07. The van der Waals surface area contributed by atoms with E-state index in [1.54, 1.807) is 6.07 Å². The molecule has 0 amide bonds. The molecule has 0 N–H and O–H groups in total. The van der Waals surface area contributed by atoms with Gasteiger partial charge in [-0.05, 0) is 84.0 Å². The van der Waals surface area contributed by atoms with Crippen LogP contribution in [0.3, 0.4) is 0 Å². The Balaban J connectivity index is 1.24. The summed E-state index contributed by atoms with van der Waals surface area (Å²) in [5, 5.41) is 0. The second-order valence-corrected chi connectivity index (χ2v) is 9.45. The van der Waals surface area contributed by atoms with Crippen molar-refractivity contribution in [3.8, 4) is 0 Å². The third-order valence-electron chi connectivity index (χ3n) is 6.33. The highest BCUT2D eigenvalue weighted by Gasteiger charge is 2.10. The van der Waals surface area contributed by atoms with Crippen LogP contribution in [0.15, 0.2) is 79.6 Å². The minimum Gasteiger partial charge on any atom is -0.272 e. The lowest BCUT2D eigenvalue weighted by molar-refractivity contribution is 0.607. The molecule has 0 bridgehead atoms. The zero-order valence-corrected chi connectivity index (χ0v) is 21.0. The summed E-state index contributed by atoms with van der Waals surface area (Å²) in [6, 6.07) is 19.7. The Morgan fingerprint density at radius 2 is 1.81 bits per heavy atom. The van der Waals surface area contributed by atoms with Gasteiger partial charge in [0.15, 0.2) is 0 Å². The number of imidazole rings is 1. The van der Waals surface area contributed by atoms with Gasteiger partial charge in [-0.25, -0.2) is 9.37 Å². The van der Waals surface area contributed by atoms with Crippen LogP contribution in [0.2, 0.25) is 0 Å². The van der Waals surface area contributed by atoms with E-state index in [9.17, 15) is 4.39 Å². The Hall–Kier alpha value is -3.77. The molecule has 0 aliphatic rings. The van der Waals surface area contributed by atoms with Crippen molar-refractivity contribution < 1.29 is 4.39 Å². The van der Waals surface area contributed by atoms with Gasteiger partial charge >= 0.3 is 0 Å². The van der Waals surface area contributed by atoms with Gasteiger partial charge in [0.05, 0.1) is 11.0 Å². The smallest absolute Gasteiger partial charge is 0.126 e. The molecule has 3 heterocycles. The Kier molecular flexibility index (Phi) is 6.96. The van der Waals surface area contributed by atoms with E-state index in [4.69, 9.17) is 4.98 Å². The molecule has 0 radical (unpaired) electrons. The Bertz CT molecular complexity index is 1540. The fourth-order valence-electron chi connectivity index (χ4n) is 4.32. The Morgan fingerprint density at radius 3 is 2.58 bits per heavy atom. The summed E-state index contributed by atoms with van der Waals surface area (Å²) in [6.45, 7) is 5.73. The molecule has 3 aromatic heterocycles. The molecule has 0 unspecified atom stereocenters. The SMILES string of the molecule is C=Cc1ccc2nc(Cc3ccc(Cc4ccnc(CCc5ccc(C)cc5F)c4)nc3)n(S)c2c1. The third kappa shape index (κ3) is 5.39. The van der Waals surface area contributed by atoms with Crippen LogP contribution in [0, 0.1) is 12.7 Å². The summed E-state index contributed by atoms with van der Waals surface area (Å²) in [5.74, 6) is 0.721. The molecule has 180 valence electrons. The van der Waals surface area contributed by atoms with Gasteiger partial charge in [0.25, 0.3) is 0 Å². The number of thiol groups is 1. The first-order chi connectivity index (χ1) is 17.5. The molecular formula is C30H27FN4S. The van der Waals surface area contributed by atoms with Crippen molar-refractivity contribution in [3.05, 3.63) is 130 Å². The average molecular weight is 495 g/mol. The first-order valence-corrected chi connectivity index (χ1v) is 12.3. The fraction of sp³-hybridized carbons (Fsp3) is 0.167. The minimum absolute atomic E-state index is 0.148. The van der Waals surface area contributed by atoms with Crippen molar-refractivity contribution in [2.45, 2.75) is 32.6 Å². The minimum atomic E-state index is -0.148. The van der Waals surface area contributed by atoms with E-state index in [-0.39, 0.29) is 5.82 Å². The zero-order chi connectivity index (χ0) is 25.1. The summed E-state index contributed by atoms with van der Waals surface area (Å²) in [7, 11) is 0. The van der Waals surface area contributed by atoms with E-state index in [0.717, 1.165) is 56.1 Å². The molecule has 0 saturated carbocycles. The van der Waals surface area contributed by atoms with Crippen LogP contribution in [0.25, 0.3) is 17.1 Å². The fourth-order valence-corrected chi connectivity index (χ4v) is 4.60. The second-order valence-electron chi connectivity index (χ2n) is 9.05. The van der Waals surface area contributed by atoms with E-state index in [2.05, 4.69) is 47.6 Å². The Labute approximate surface area is 216 Å². The number of pyridine rings is 2. The van der Waals surface area contributed by atoms with Crippen LogP contribution in [0.1, 0.15) is 45.0 Å². The van der Waals surface area contributed by atoms with Gasteiger partial charge < -0.3 is 0 Å². The number of aryl methyl sites for hydroxylation is 3. The molecule has 4 nitrogen and oxygen atoms in total. The maximum atomic E-state index is 14.2. The van der Waals surface area contributed by atoms with Gasteiger partial charge in [-0.3, -0.25) is 13.9 Å². The standard InChI is InChI=1S/C30H27FN4S/c1-3-21-6-11-28-29(17-21)35(36)30(34-28)18-23-5-9-26(33-19-23)16-22-12-13-32-25(15-22)10-8-24-7-4-20(2)14-27(24)31/h3-7,9,11-15,17,19,36H,1,8,10,16,18H2,2H3. The second kappa shape index (κ2) is 10.5. The largest absolute Gasteiger partial charge is 0.272 e. The normalized spacial score (nSPS) is 11.2. The van der Waals surface area contributed by atoms with Crippen molar-refractivity contribution in [1.82, 2.24) is 18.9 Å². The van der Waals surface area contributed by atoms with Gasteiger partial charge in [0, 0.05) is 36.6 Å². The number of hydrogen-bond acceptors (Lipinski definition) is 4. The highest BCUT2D eigenvalue weighted by atomic mass is 32.1. The Morgan fingerprint density at radius 1 is 0.917 bits per heavy atom. The van der Waals surface area contributed by atoms with Crippen molar-refractivity contribution in [2.75, 3.05) is 0 Å². The van der Waals surface area contributed by atoms with Crippen molar-refractivity contribution in [2.24, 2.45) is 0 Å². The molecule has 36 heavy (non-hydrogen) atoms. The van der Waals surface area contributed by atoms with Gasteiger partial charge in [0.2, 0.25) is 0 Å². The molecular weight excluding hydrogens is 467 g/mol. The van der Waals surface area contributed by atoms with Crippen LogP contribution < -0.4 is 0 Å². The number of benzene rings is 2. The van der Waals surface area contributed by atoms with Gasteiger partial charge in [0.1, 0.15) is 11.6 Å². The number of nitrogens with zero attached hydrogens (tertiary/aromatic N) is 4. The summed E-state index contributed by atoms with van der Waals surface area (Å²) in [5.41, 5.74) is 8.72. The number of fused-ring (bicyclic) bond motifs is 1. The lowest BCUT2D eigenvalue weighted by Crippen LogP contribution is -2.00. The van der Waals surface area contributed by atoms with Gasteiger partial charge in [-0.15, -0.1) is 0 Å². The molecule has 0 saturated heterocycles. The van der Waals surface area contributed by atoms with Gasteiger partial charge in [-0.1, -0.05) is 49.7 Å². The van der Waals surface area contributed by atoms with Crippen LogP contribution in [0.4, 0.5) is 4.39 Å². The van der Waals surface area contributed by atoms with Crippen LogP contribution >= 0.6 is 12.8 Å². The van der Waals surface area contributed by atoms with Crippen LogP contribution in [0.5, 0.6) is 0 Å². The van der Waals surface area contributed by atoms with Crippen molar-refractivity contribution in [1.29, 1.82) is 0 Å². The van der Waals surface area contributed by atoms with E-state index in [1.165, 1.54) is 0 Å². The van der Waals surface area contributed by atoms with Crippen molar-refractivity contribution in [3.63, 3.8) is 0 Å². The molecule has 0 aliphatic carbocycles. The van der Waals surface area contributed by atoms with Crippen LogP contribution in [-0.2, 0) is 25.7 Å². The molecule has 0 atom stereocenters. The maximum Gasteiger partial charge on any atom is 0.126 e. The van der Waals surface area contributed by atoms with Crippen LogP contribution in [-0.4, -0.2) is 18.9 Å². The summed E-state index contributed by atoms with van der Waals surface area (Å²) < 4.78 is 16.0. The molecule has 5 aromatic rings. The molecule has 0 spiro atoms. The van der Waals surface area contributed by atoms with E-state index >= 15 is 0 Å². The summed E-state index contributed by atoms with van der Waals surface area (Å²) in [6.07, 6.45) is 8.21. The molecule has 0 aliphatic heterocycles. The highest BCUT2D eigenvalue weighted by Crippen LogP contribution is 2.22. The highest BCUT2D eigenvalue weighted by molar-refractivity contribution is 7.78. The molecule has 2 aromatic carbocycles. The maximum absolute atomic E-state index is 14.2. The van der Waals surface area contributed by atoms with Gasteiger partial charge in [-0.2, -0.15) is 0 Å². The quantitative estimate of drug-likeness (QED) is 0.248. The number of rotatable bonds is 8. The van der Waals surface area contributed by atoms with Crippen molar-refractivity contribution >= 4 is 29.9 Å². The molecule has 0 fully saturated rings. The molecule has 5 rings (SSSR count). The molecule has 6 heteroatoms. The predicted molar refractivity (Wildman–Crippen MR) is 147 cm³/mol. The van der Waals surface area contributed by atoms with E-state index in [0.29, 0.717) is 25.7 Å². The zero-order valence-electron chi connectivity index (χ0n) is 20.2. The monoisotopic (exact) mass is 494 g/mol. The number of halogens is 1. The third-order valence-corrected chi connectivity index (χ3v) is 6.78. The first kappa shape index (κ1) is 23.9. The summed E-state index contributed by atoms with van der Waals surface area (Å²) in [4.78, 5) is 13.9. The average Bonchev–Trinajstić information content (AvgIpc) is 3.19. The van der Waals surface area contributed by atoms with E-state index in [1.807, 2.05) is 65.8 Å². The summed E-state index contributed by atoms with van der Waals surface area (Å²) >= 11 is 4.65. The predicted octanol–water partition coefficient (Wildman–Crippen LogP) is 6.58. The topological polar surface area (TPSA) is 43.6 Å².